The average molecular weight is 540 g/mol. The molecule has 2 amide bonds. The zero-order valence-electron chi connectivity index (χ0n) is 21.7. The first-order valence-electron chi connectivity index (χ1n) is 13.4. The third-order valence-electron chi connectivity index (χ3n) is 7.56. The predicted octanol–water partition coefficient (Wildman–Crippen LogP) is 5.64. The maximum Gasteiger partial charge on any atom is 0.416 e. The quantitative estimate of drug-likeness (QED) is 0.412. The fraction of sp³-hybridized carbons (Fsp3) is 0.414. The minimum absolute atomic E-state index is 0.106. The van der Waals surface area contributed by atoms with Crippen molar-refractivity contribution in [2.45, 2.75) is 50.9 Å². The molecule has 2 saturated heterocycles. The van der Waals surface area contributed by atoms with Gasteiger partial charge in [0.05, 0.1) is 22.6 Å². The average Bonchev–Trinajstić information content (AvgIpc) is 3.49. The molecule has 0 aliphatic carbocycles. The third kappa shape index (κ3) is 5.85. The van der Waals surface area contributed by atoms with Crippen molar-refractivity contribution in [1.82, 2.24) is 19.4 Å². The number of hydrogen-bond donors (Lipinski definition) is 1. The highest BCUT2D eigenvalue weighted by Gasteiger charge is 2.32. The first-order chi connectivity index (χ1) is 18.7. The van der Waals surface area contributed by atoms with Crippen LogP contribution in [-0.4, -0.2) is 57.3 Å². The van der Waals surface area contributed by atoms with E-state index >= 15 is 0 Å². The molecule has 7 nitrogen and oxygen atoms in total. The lowest BCUT2D eigenvalue weighted by atomic mass is 10.1. The standard InChI is InChI=1S/C29H32F3N5O2/c1-2-25(38)36-16-4-3-12-23(19-36)37-26-21(18-35-14-5-6-15-35)10-8-13-24(26)33-28(37)34-27(39)20-9-7-11-22(17-20)29(30,31)32/h2,7-11,13,17,23H,1,3-6,12,14-16,18-19H2,(H,33,34,39). The van der Waals surface area contributed by atoms with E-state index in [1.165, 1.54) is 18.2 Å². The molecule has 0 radical (unpaired) electrons. The highest BCUT2D eigenvalue weighted by Crippen LogP contribution is 2.34. The minimum atomic E-state index is -4.56. The molecule has 2 aliphatic heterocycles. The van der Waals surface area contributed by atoms with Crippen LogP contribution >= 0.6 is 0 Å². The van der Waals surface area contributed by atoms with E-state index in [1.54, 1.807) is 4.90 Å². The van der Waals surface area contributed by atoms with Crippen molar-refractivity contribution >= 4 is 28.8 Å². The van der Waals surface area contributed by atoms with Crippen LogP contribution in [0.5, 0.6) is 0 Å². The lowest BCUT2D eigenvalue weighted by Crippen LogP contribution is -2.34. The number of amides is 2. The van der Waals surface area contributed by atoms with Crippen LogP contribution in [0, 0.1) is 0 Å². The summed E-state index contributed by atoms with van der Waals surface area (Å²) >= 11 is 0. The van der Waals surface area contributed by atoms with Gasteiger partial charge in [0.15, 0.2) is 0 Å². The Morgan fingerprint density at radius 2 is 1.79 bits per heavy atom. The minimum Gasteiger partial charge on any atom is -0.337 e. The number of imidazole rings is 1. The number of aromatic nitrogens is 2. The summed E-state index contributed by atoms with van der Waals surface area (Å²) in [5, 5.41) is 2.80. The van der Waals surface area contributed by atoms with Crippen molar-refractivity contribution in [1.29, 1.82) is 0 Å². The maximum absolute atomic E-state index is 13.3. The zero-order chi connectivity index (χ0) is 27.6. The number of nitrogens with zero attached hydrogens (tertiary/aromatic N) is 4. The number of benzene rings is 2. The Hall–Kier alpha value is -3.66. The topological polar surface area (TPSA) is 70.5 Å². The summed E-state index contributed by atoms with van der Waals surface area (Å²) in [4.78, 5) is 34.7. The number of rotatable bonds is 6. The first-order valence-corrected chi connectivity index (χ1v) is 13.4. The van der Waals surface area contributed by atoms with Gasteiger partial charge in [-0.3, -0.25) is 19.8 Å². The largest absolute Gasteiger partial charge is 0.416 e. The fourth-order valence-corrected chi connectivity index (χ4v) is 5.64. The summed E-state index contributed by atoms with van der Waals surface area (Å²) in [5.74, 6) is -0.566. The summed E-state index contributed by atoms with van der Waals surface area (Å²) in [6.07, 6.45) is 1.52. The molecule has 0 spiro atoms. The van der Waals surface area contributed by atoms with Crippen LogP contribution < -0.4 is 5.32 Å². The van der Waals surface area contributed by atoms with Crippen LogP contribution in [0.15, 0.2) is 55.1 Å². The van der Waals surface area contributed by atoms with Crippen LogP contribution in [0.3, 0.4) is 0 Å². The number of carbonyl (C=O) groups excluding carboxylic acids is 2. The van der Waals surface area contributed by atoms with Crippen LogP contribution in [0.2, 0.25) is 0 Å². The molecule has 0 saturated carbocycles. The van der Waals surface area contributed by atoms with E-state index in [-0.39, 0.29) is 23.5 Å². The van der Waals surface area contributed by atoms with E-state index in [2.05, 4.69) is 22.9 Å². The number of fused-ring (bicyclic) bond motifs is 1. The van der Waals surface area contributed by atoms with Crippen molar-refractivity contribution in [3.8, 4) is 0 Å². The summed E-state index contributed by atoms with van der Waals surface area (Å²) in [7, 11) is 0. The molecule has 1 unspecified atom stereocenters. The fourth-order valence-electron chi connectivity index (χ4n) is 5.64. The number of alkyl halides is 3. The van der Waals surface area contributed by atoms with Gasteiger partial charge in [0.1, 0.15) is 0 Å². The summed E-state index contributed by atoms with van der Waals surface area (Å²) in [6, 6.07) is 10.0. The monoisotopic (exact) mass is 539 g/mol. The molecule has 2 aromatic carbocycles. The van der Waals surface area contributed by atoms with E-state index < -0.39 is 17.6 Å². The summed E-state index contributed by atoms with van der Waals surface area (Å²) < 4.78 is 41.9. The van der Waals surface area contributed by atoms with Crippen molar-refractivity contribution in [2.24, 2.45) is 0 Å². The number of anilines is 1. The van der Waals surface area contributed by atoms with Gasteiger partial charge in [0.25, 0.3) is 5.91 Å². The molecule has 1 N–H and O–H groups in total. The molecule has 3 aromatic rings. The molecule has 3 heterocycles. The van der Waals surface area contributed by atoms with Crippen LogP contribution in [0.1, 0.15) is 59.6 Å². The molecule has 10 heteroatoms. The third-order valence-corrected chi connectivity index (χ3v) is 7.56. The molecule has 1 atom stereocenters. The number of hydrogen-bond acceptors (Lipinski definition) is 4. The van der Waals surface area contributed by atoms with Gasteiger partial charge in [-0.1, -0.05) is 24.8 Å². The van der Waals surface area contributed by atoms with Gasteiger partial charge in [-0.25, -0.2) is 4.98 Å². The summed E-state index contributed by atoms with van der Waals surface area (Å²) in [5.41, 5.74) is 1.63. The van der Waals surface area contributed by atoms with Gasteiger partial charge < -0.3 is 9.47 Å². The molecule has 2 fully saturated rings. The van der Waals surface area contributed by atoms with Gasteiger partial charge in [-0.05, 0) is 81.1 Å². The second-order valence-electron chi connectivity index (χ2n) is 10.2. The number of para-hydroxylation sites is 1. The first kappa shape index (κ1) is 26.9. The molecular weight excluding hydrogens is 507 g/mol. The Labute approximate surface area is 225 Å². The Bertz CT molecular complexity index is 1380. The van der Waals surface area contributed by atoms with Crippen molar-refractivity contribution in [3.05, 3.63) is 71.8 Å². The van der Waals surface area contributed by atoms with Gasteiger partial charge in [-0.15, -0.1) is 0 Å². The lowest BCUT2D eigenvalue weighted by molar-refractivity contribution is -0.137. The van der Waals surface area contributed by atoms with Gasteiger partial charge in [0.2, 0.25) is 11.9 Å². The smallest absolute Gasteiger partial charge is 0.337 e. The number of halogens is 3. The van der Waals surface area contributed by atoms with E-state index in [0.29, 0.717) is 18.6 Å². The van der Waals surface area contributed by atoms with E-state index in [0.717, 1.165) is 75.0 Å². The van der Waals surface area contributed by atoms with Crippen molar-refractivity contribution < 1.29 is 22.8 Å². The van der Waals surface area contributed by atoms with Crippen LogP contribution in [-0.2, 0) is 17.5 Å². The molecule has 2 aliphatic rings. The molecule has 5 rings (SSSR count). The Morgan fingerprint density at radius 3 is 2.54 bits per heavy atom. The molecule has 39 heavy (non-hydrogen) atoms. The lowest BCUT2D eigenvalue weighted by Gasteiger charge is -2.27. The Kier molecular flexibility index (Phi) is 7.74. The molecule has 206 valence electrons. The summed E-state index contributed by atoms with van der Waals surface area (Å²) in [6.45, 7) is 7.41. The maximum atomic E-state index is 13.3. The molecule has 0 bridgehead atoms. The van der Waals surface area contributed by atoms with Gasteiger partial charge in [0, 0.05) is 25.2 Å². The molecular formula is C29H32F3N5O2. The van der Waals surface area contributed by atoms with Gasteiger partial charge >= 0.3 is 6.18 Å². The number of nitrogens with one attached hydrogen (secondary N) is 1. The Morgan fingerprint density at radius 1 is 1.05 bits per heavy atom. The normalized spacial score (nSPS) is 18.7. The highest BCUT2D eigenvalue weighted by molar-refractivity contribution is 6.04. The predicted molar refractivity (Wildman–Crippen MR) is 143 cm³/mol. The Balaban J connectivity index is 1.57. The number of carbonyl (C=O) groups is 2. The zero-order valence-corrected chi connectivity index (χ0v) is 21.7. The van der Waals surface area contributed by atoms with Crippen molar-refractivity contribution in [2.75, 3.05) is 31.5 Å². The second-order valence-corrected chi connectivity index (χ2v) is 10.2. The van der Waals surface area contributed by atoms with Crippen molar-refractivity contribution in [3.63, 3.8) is 0 Å². The van der Waals surface area contributed by atoms with Crippen LogP contribution in [0.4, 0.5) is 19.1 Å². The van der Waals surface area contributed by atoms with Gasteiger partial charge in [-0.2, -0.15) is 13.2 Å². The number of likely N-dealkylation sites (tertiary alicyclic amines) is 2. The van der Waals surface area contributed by atoms with E-state index in [9.17, 15) is 22.8 Å². The second kappa shape index (κ2) is 11.2. The highest BCUT2D eigenvalue weighted by atomic mass is 19.4. The van der Waals surface area contributed by atoms with E-state index in [4.69, 9.17) is 4.98 Å². The molecule has 1 aromatic heterocycles. The van der Waals surface area contributed by atoms with E-state index in [1.807, 2.05) is 16.7 Å². The van der Waals surface area contributed by atoms with Crippen LogP contribution in [0.25, 0.3) is 11.0 Å². The SMILES string of the molecule is C=CC(=O)N1CCCCC(n2c(NC(=O)c3cccc(C(F)(F)F)c3)nc3cccc(CN4CCCC4)c32)C1.